The smallest absolute Gasteiger partial charge is 0.246 e. The Kier molecular flexibility index (Phi) is 8.32. The maximum Gasteiger partial charge on any atom is 0.246 e. The fourth-order valence-electron chi connectivity index (χ4n) is 6.12. The third-order valence-corrected chi connectivity index (χ3v) is 9.74. The van der Waals surface area contributed by atoms with Gasteiger partial charge in [0, 0.05) is 62.0 Å². The number of carbonyl (C=O) groups excluding carboxylic acids is 1. The van der Waals surface area contributed by atoms with Gasteiger partial charge in [-0.25, -0.2) is 14.4 Å². The summed E-state index contributed by atoms with van der Waals surface area (Å²) in [7, 11) is 0. The second-order valence-electron chi connectivity index (χ2n) is 10.8. The first-order valence-electron chi connectivity index (χ1n) is 14.0. The highest BCUT2D eigenvalue weighted by molar-refractivity contribution is 7.19. The fourth-order valence-corrected chi connectivity index (χ4v) is 7.51. The number of nitrogens with one attached hydrogen (secondary N) is 1. The van der Waals surface area contributed by atoms with Crippen LogP contribution in [0.4, 0.5) is 15.9 Å². The summed E-state index contributed by atoms with van der Waals surface area (Å²) in [6.45, 7) is 5.78. The van der Waals surface area contributed by atoms with Gasteiger partial charge in [0.15, 0.2) is 0 Å². The second-order valence-corrected chi connectivity index (χ2v) is 12.3. The van der Waals surface area contributed by atoms with Crippen LogP contribution < -0.4 is 5.32 Å². The van der Waals surface area contributed by atoms with Gasteiger partial charge in [-0.3, -0.25) is 14.6 Å². The van der Waals surface area contributed by atoms with E-state index < -0.39 is 5.82 Å². The summed E-state index contributed by atoms with van der Waals surface area (Å²) in [5.74, 6) is 0.213. The molecule has 1 amide bonds. The molecule has 0 unspecified atom stereocenters. The van der Waals surface area contributed by atoms with Crippen LogP contribution in [0.25, 0.3) is 10.2 Å². The van der Waals surface area contributed by atoms with Crippen LogP contribution in [0.15, 0.2) is 36.7 Å². The van der Waals surface area contributed by atoms with Crippen LogP contribution in [0.3, 0.4) is 0 Å². The Morgan fingerprint density at radius 3 is 2.80 bits per heavy atom. The molecular weight excluding hydrogens is 551 g/mol. The number of rotatable bonds is 6. The first-order chi connectivity index (χ1) is 19.5. The van der Waals surface area contributed by atoms with Crippen LogP contribution in [-0.2, 0) is 17.8 Å². The molecule has 1 aliphatic carbocycles. The van der Waals surface area contributed by atoms with E-state index in [-0.39, 0.29) is 17.0 Å². The zero-order valence-corrected chi connectivity index (χ0v) is 23.9. The average Bonchev–Trinajstić information content (AvgIpc) is 3.34. The van der Waals surface area contributed by atoms with Gasteiger partial charge in [0.2, 0.25) is 5.91 Å². The molecule has 4 heterocycles. The standard InChI is InChI=1S/C29H34ClFN6O2S/c30-21-16-19(7-8-22(21)31)34-28-27-20-9-11-37(17-25(20)40-29(27)33-18-32-28)26(39)6-3-10-35-12-14-36(15-13-35)23-4-1-2-5-24(23)38/h3,6-8,16,18,23-24,38H,1-2,4-5,9-15,17H2,(H,32,33,34)/b6-3+/t23-,24-/m1/s1. The number of thiophene rings is 1. The van der Waals surface area contributed by atoms with E-state index in [2.05, 4.69) is 25.1 Å². The molecule has 3 aromatic rings. The van der Waals surface area contributed by atoms with Gasteiger partial charge in [0.25, 0.3) is 0 Å². The molecule has 0 bridgehead atoms. The number of nitrogens with zero attached hydrogens (tertiary/aromatic N) is 5. The molecule has 0 spiro atoms. The first-order valence-corrected chi connectivity index (χ1v) is 15.2. The van der Waals surface area contributed by atoms with Gasteiger partial charge >= 0.3 is 0 Å². The van der Waals surface area contributed by atoms with E-state index in [1.54, 1.807) is 23.5 Å². The molecule has 2 N–H and O–H groups in total. The predicted molar refractivity (Wildman–Crippen MR) is 157 cm³/mol. The number of benzene rings is 1. The van der Waals surface area contributed by atoms with E-state index in [4.69, 9.17) is 11.6 Å². The van der Waals surface area contributed by atoms with Crippen molar-refractivity contribution < 1.29 is 14.3 Å². The van der Waals surface area contributed by atoms with Gasteiger partial charge < -0.3 is 15.3 Å². The summed E-state index contributed by atoms with van der Waals surface area (Å²) in [6, 6.07) is 4.80. The van der Waals surface area contributed by atoms with Crippen molar-refractivity contribution in [3.63, 3.8) is 0 Å². The third kappa shape index (κ3) is 5.87. The van der Waals surface area contributed by atoms with Gasteiger partial charge in [-0.05, 0) is 43.0 Å². The van der Waals surface area contributed by atoms with Crippen LogP contribution in [0, 0.1) is 5.82 Å². The molecule has 8 nitrogen and oxygen atoms in total. The van der Waals surface area contributed by atoms with Crippen LogP contribution in [-0.4, -0.2) is 87.1 Å². The highest BCUT2D eigenvalue weighted by atomic mass is 35.5. The summed E-state index contributed by atoms with van der Waals surface area (Å²) in [5.41, 5.74) is 1.81. The van der Waals surface area contributed by atoms with Crippen LogP contribution in [0.2, 0.25) is 5.02 Å². The number of hydrogen-bond donors (Lipinski definition) is 2. The van der Waals surface area contributed by atoms with Crippen molar-refractivity contribution in [3.8, 4) is 0 Å². The summed E-state index contributed by atoms with van der Waals surface area (Å²) in [6.07, 6.45) is 10.1. The molecule has 0 radical (unpaired) electrons. The van der Waals surface area contributed by atoms with E-state index >= 15 is 0 Å². The monoisotopic (exact) mass is 584 g/mol. The zero-order chi connectivity index (χ0) is 27.6. The van der Waals surface area contributed by atoms with Crippen molar-refractivity contribution in [2.75, 3.05) is 44.6 Å². The zero-order valence-electron chi connectivity index (χ0n) is 22.4. The van der Waals surface area contributed by atoms with Gasteiger partial charge in [-0.15, -0.1) is 11.3 Å². The molecule has 11 heteroatoms. The Balaban J connectivity index is 1.05. The molecule has 1 saturated carbocycles. The van der Waals surface area contributed by atoms with Gasteiger partial charge in [0.1, 0.15) is 22.8 Å². The molecule has 40 heavy (non-hydrogen) atoms. The molecule has 1 saturated heterocycles. The molecule has 212 valence electrons. The van der Waals surface area contributed by atoms with E-state index in [1.807, 2.05) is 11.0 Å². The molecular formula is C29H34ClFN6O2S. The Bertz CT molecular complexity index is 1410. The lowest BCUT2D eigenvalue weighted by Crippen LogP contribution is -2.54. The number of halogens is 2. The molecule has 1 aromatic carbocycles. The van der Waals surface area contributed by atoms with Crippen molar-refractivity contribution in [1.29, 1.82) is 0 Å². The normalized spacial score (nSPS) is 22.6. The Morgan fingerprint density at radius 2 is 2.00 bits per heavy atom. The number of amides is 1. The molecule has 6 rings (SSSR count). The molecule has 2 fully saturated rings. The number of aliphatic hydroxyl groups excluding tert-OH is 1. The molecule has 2 aromatic heterocycles. The number of fused-ring (bicyclic) bond motifs is 3. The van der Waals surface area contributed by atoms with Gasteiger partial charge in [-0.2, -0.15) is 0 Å². The molecule has 3 aliphatic rings. The van der Waals surface area contributed by atoms with Crippen molar-refractivity contribution in [3.05, 3.63) is 58.0 Å². The number of hydrogen-bond acceptors (Lipinski definition) is 8. The lowest BCUT2D eigenvalue weighted by atomic mass is 9.91. The minimum absolute atomic E-state index is 0.0254. The van der Waals surface area contributed by atoms with E-state index in [9.17, 15) is 14.3 Å². The predicted octanol–water partition coefficient (Wildman–Crippen LogP) is 4.59. The van der Waals surface area contributed by atoms with Crippen LogP contribution in [0.1, 0.15) is 36.1 Å². The number of piperazine rings is 1. The molecule has 2 aliphatic heterocycles. The molecule has 2 atom stereocenters. The summed E-state index contributed by atoms with van der Waals surface area (Å²) in [5, 5.41) is 14.6. The largest absolute Gasteiger partial charge is 0.391 e. The van der Waals surface area contributed by atoms with E-state index in [0.717, 1.165) is 79.1 Å². The first kappa shape index (κ1) is 27.5. The highest BCUT2D eigenvalue weighted by Crippen LogP contribution is 2.38. The van der Waals surface area contributed by atoms with Crippen molar-refractivity contribution >= 4 is 50.6 Å². The Hall–Kier alpha value is -2.63. The number of carbonyl (C=O) groups is 1. The SMILES string of the molecule is O=C(/C=C/CN1CCN([C@@H]2CCCC[C@H]2O)CC1)N1CCc2c(sc3ncnc(Nc4ccc(F)c(Cl)c4)c23)C1. The summed E-state index contributed by atoms with van der Waals surface area (Å²) in [4.78, 5) is 30.6. The third-order valence-electron chi connectivity index (χ3n) is 8.32. The van der Waals surface area contributed by atoms with Crippen LogP contribution >= 0.6 is 22.9 Å². The van der Waals surface area contributed by atoms with Crippen molar-refractivity contribution in [1.82, 2.24) is 24.7 Å². The Labute approximate surface area is 242 Å². The minimum Gasteiger partial charge on any atom is -0.391 e. The lowest BCUT2D eigenvalue weighted by Gasteiger charge is -2.42. The van der Waals surface area contributed by atoms with E-state index in [1.165, 1.54) is 24.9 Å². The van der Waals surface area contributed by atoms with Crippen molar-refractivity contribution in [2.45, 2.75) is 50.8 Å². The number of anilines is 2. The van der Waals surface area contributed by atoms with E-state index in [0.29, 0.717) is 30.6 Å². The average molecular weight is 585 g/mol. The number of aliphatic hydroxyl groups is 1. The minimum atomic E-state index is -0.468. The van der Waals surface area contributed by atoms with Gasteiger partial charge in [-0.1, -0.05) is 30.5 Å². The topological polar surface area (TPSA) is 84.8 Å². The Morgan fingerprint density at radius 1 is 1.18 bits per heavy atom. The van der Waals surface area contributed by atoms with Crippen LogP contribution in [0.5, 0.6) is 0 Å². The second kappa shape index (κ2) is 12.1. The highest BCUT2D eigenvalue weighted by Gasteiger charge is 2.31. The maximum absolute atomic E-state index is 13.6. The summed E-state index contributed by atoms with van der Waals surface area (Å²) >= 11 is 7.54. The quantitative estimate of drug-likeness (QED) is 0.410. The van der Waals surface area contributed by atoms with Crippen molar-refractivity contribution in [2.24, 2.45) is 0 Å². The number of aromatic nitrogens is 2. The fraction of sp³-hybridized carbons (Fsp3) is 0.483. The maximum atomic E-state index is 13.6. The lowest BCUT2D eigenvalue weighted by molar-refractivity contribution is -0.126. The van der Waals surface area contributed by atoms with Gasteiger partial charge in [0.05, 0.1) is 23.1 Å². The summed E-state index contributed by atoms with van der Waals surface area (Å²) < 4.78 is 13.6.